The Morgan fingerprint density at radius 3 is 2.58 bits per heavy atom. The van der Waals surface area contributed by atoms with E-state index in [9.17, 15) is 9.59 Å². The number of carbonyl (C=O) groups excluding carboxylic acids is 2. The van der Waals surface area contributed by atoms with Crippen LogP contribution in [0.3, 0.4) is 0 Å². The Labute approximate surface area is 117 Å². The Balaban J connectivity index is 2.33. The third-order valence-corrected chi connectivity index (χ3v) is 4.45. The topological polar surface area (TPSA) is 43.4 Å². The van der Waals surface area contributed by atoms with E-state index in [1.165, 1.54) is 11.8 Å². The van der Waals surface area contributed by atoms with Gasteiger partial charge >= 0.3 is 0 Å². The number of ketones is 2. The second-order valence-electron chi connectivity index (χ2n) is 4.48. The van der Waals surface area contributed by atoms with Gasteiger partial charge in [0.15, 0.2) is 11.6 Å². The van der Waals surface area contributed by atoms with Crippen molar-refractivity contribution in [1.82, 2.24) is 0 Å². The largest absolute Gasteiger partial charge is 0.384 e. The van der Waals surface area contributed by atoms with Crippen LogP contribution in [0.25, 0.3) is 0 Å². The van der Waals surface area contributed by atoms with Crippen molar-refractivity contribution in [2.24, 2.45) is 5.92 Å². The SMILES string of the molecule is COCC1C(=O)CC(=O)C(C)=C1Sc1ccccc1. The molecule has 0 fully saturated rings. The molecule has 1 unspecified atom stereocenters. The Bertz CT molecular complexity index is 519. The number of Topliss-reactive ketones (excluding diaryl/α,β-unsaturated/α-hetero) is 2. The van der Waals surface area contributed by atoms with E-state index in [1.54, 1.807) is 14.0 Å². The summed E-state index contributed by atoms with van der Waals surface area (Å²) in [4.78, 5) is 25.7. The lowest BCUT2D eigenvalue weighted by Gasteiger charge is -2.24. The molecule has 0 heterocycles. The van der Waals surface area contributed by atoms with Gasteiger partial charge in [-0.15, -0.1) is 0 Å². The molecule has 100 valence electrons. The Morgan fingerprint density at radius 1 is 1.26 bits per heavy atom. The van der Waals surface area contributed by atoms with Crippen molar-refractivity contribution in [3.8, 4) is 0 Å². The third kappa shape index (κ3) is 3.14. The van der Waals surface area contributed by atoms with E-state index in [0.717, 1.165) is 9.80 Å². The number of hydrogen-bond donors (Lipinski definition) is 0. The lowest BCUT2D eigenvalue weighted by Crippen LogP contribution is -2.29. The van der Waals surface area contributed by atoms with Gasteiger partial charge in [0.2, 0.25) is 0 Å². The molecule has 1 aliphatic rings. The minimum Gasteiger partial charge on any atom is -0.384 e. The van der Waals surface area contributed by atoms with Gasteiger partial charge < -0.3 is 4.74 Å². The quantitative estimate of drug-likeness (QED) is 0.793. The fraction of sp³-hybridized carbons (Fsp3) is 0.333. The van der Waals surface area contributed by atoms with E-state index in [1.807, 2.05) is 30.3 Å². The van der Waals surface area contributed by atoms with Crippen LogP contribution in [0.4, 0.5) is 0 Å². The van der Waals surface area contributed by atoms with Crippen LogP contribution in [0.1, 0.15) is 13.3 Å². The number of hydrogen-bond acceptors (Lipinski definition) is 4. The Kier molecular flexibility index (Phi) is 4.56. The van der Waals surface area contributed by atoms with Crippen molar-refractivity contribution in [3.63, 3.8) is 0 Å². The van der Waals surface area contributed by atoms with Crippen molar-refractivity contribution in [2.45, 2.75) is 18.2 Å². The molecule has 0 aromatic heterocycles. The molecule has 0 N–H and O–H groups in total. The van der Waals surface area contributed by atoms with Crippen LogP contribution in [-0.2, 0) is 14.3 Å². The maximum Gasteiger partial charge on any atom is 0.166 e. The normalized spacial score (nSPS) is 20.0. The zero-order valence-electron chi connectivity index (χ0n) is 11.0. The smallest absolute Gasteiger partial charge is 0.166 e. The summed E-state index contributed by atoms with van der Waals surface area (Å²) in [5.41, 5.74) is 0.690. The molecule has 0 bridgehead atoms. The Morgan fingerprint density at radius 2 is 1.95 bits per heavy atom. The maximum atomic E-state index is 12.0. The van der Waals surface area contributed by atoms with Gasteiger partial charge in [0, 0.05) is 22.5 Å². The lowest BCUT2D eigenvalue weighted by atomic mass is 9.89. The van der Waals surface area contributed by atoms with Gasteiger partial charge in [0.1, 0.15) is 0 Å². The zero-order chi connectivity index (χ0) is 13.8. The third-order valence-electron chi connectivity index (χ3n) is 3.13. The molecule has 1 aromatic rings. The first-order valence-corrected chi connectivity index (χ1v) is 6.93. The summed E-state index contributed by atoms with van der Waals surface area (Å²) < 4.78 is 5.12. The van der Waals surface area contributed by atoms with Crippen LogP contribution < -0.4 is 0 Å². The summed E-state index contributed by atoms with van der Waals surface area (Å²) in [5, 5.41) is 0. The molecule has 19 heavy (non-hydrogen) atoms. The predicted molar refractivity (Wildman–Crippen MR) is 75.0 cm³/mol. The van der Waals surface area contributed by atoms with E-state index in [0.29, 0.717) is 12.2 Å². The molecule has 1 atom stereocenters. The fourth-order valence-electron chi connectivity index (χ4n) is 2.06. The molecule has 0 saturated carbocycles. The van der Waals surface area contributed by atoms with Crippen LogP contribution in [0.15, 0.2) is 45.7 Å². The average Bonchev–Trinajstić information content (AvgIpc) is 2.41. The summed E-state index contributed by atoms with van der Waals surface area (Å²) in [6.45, 7) is 2.13. The monoisotopic (exact) mass is 276 g/mol. The summed E-state index contributed by atoms with van der Waals surface area (Å²) in [7, 11) is 1.57. The molecular formula is C15H16O3S. The average molecular weight is 276 g/mol. The zero-order valence-corrected chi connectivity index (χ0v) is 11.8. The van der Waals surface area contributed by atoms with Gasteiger partial charge in [-0.05, 0) is 19.1 Å². The van der Waals surface area contributed by atoms with Gasteiger partial charge in [-0.3, -0.25) is 9.59 Å². The Hall–Kier alpha value is -1.39. The van der Waals surface area contributed by atoms with Gasteiger partial charge in [-0.1, -0.05) is 30.0 Å². The van der Waals surface area contributed by atoms with Crippen molar-refractivity contribution in [1.29, 1.82) is 0 Å². The number of ether oxygens (including phenoxy) is 1. The fourth-order valence-corrected chi connectivity index (χ4v) is 3.21. The highest BCUT2D eigenvalue weighted by Crippen LogP contribution is 2.38. The number of methoxy groups -OCH3 is 1. The minimum atomic E-state index is -0.312. The molecule has 0 radical (unpaired) electrons. The predicted octanol–water partition coefficient (Wildman–Crippen LogP) is 2.86. The first-order valence-electron chi connectivity index (χ1n) is 6.12. The van der Waals surface area contributed by atoms with Crippen molar-refractivity contribution >= 4 is 23.3 Å². The van der Waals surface area contributed by atoms with Crippen molar-refractivity contribution in [3.05, 3.63) is 40.8 Å². The number of carbonyl (C=O) groups is 2. The first-order chi connectivity index (χ1) is 9.13. The van der Waals surface area contributed by atoms with Gasteiger partial charge in [-0.2, -0.15) is 0 Å². The number of thioether (sulfide) groups is 1. The van der Waals surface area contributed by atoms with Crippen molar-refractivity contribution in [2.75, 3.05) is 13.7 Å². The molecule has 0 aliphatic heterocycles. The van der Waals surface area contributed by atoms with E-state index < -0.39 is 0 Å². The summed E-state index contributed by atoms with van der Waals surface area (Å²) in [6.07, 6.45) is -0.00128. The van der Waals surface area contributed by atoms with E-state index in [-0.39, 0.29) is 23.9 Å². The van der Waals surface area contributed by atoms with E-state index in [4.69, 9.17) is 4.74 Å². The lowest BCUT2D eigenvalue weighted by molar-refractivity contribution is -0.128. The molecule has 2 rings (SSSR count). The minimum absolute atomic E-state index is 0.00128. The standard InChI is InChI=1S/C15H16O3S/c1-10-13(16)8-14(17)12(9-18-2)15(10)19-11-6-4-3-5-7-11/h3-7,12H,8-9H2,1-2H3. The molecule has 0 amide bonds. The highest BCUT2D eigenvalue weighted by atomic mass is 32.2. The molecule has 3 nitrogen and oxygen atoms in total. The van der Waals surface area contributed by atoms with Crippen LogP contribution in [0, 0.1) is 5.92 Å². The van der Waals surface area contributed by atoms with Gasteiger partial charge in [0.05, 0.1) is 18.9 Å². The summed E-state index contributed by atoms with van der Waals surface area (Å²) in [5.74, 6) is -0.431. The molecule has 4 heteroatoms. The van der Waals surface area contributed by atoms with E-state index in [2.05, 4.69) is 0 Å². The number of benzene rings is 1. The second-order valence-corrected chi connectivity index (χ2v) is 5.59. The van der Waals surface area contributed by atoms with Gasteiger partial charge in [-0.25, -0.2) is 0 Å². The molecule has 0 saturated heterocycles. The van der Waals surface area contributed by atoms with Crippen LogP contribution in [-0.4, -0.2) is 25.3 Å². The highest BCUT2D eigenvalue weighted by molar-refractivity contribution is 8.03. The maximum absolute atomic E-state index is 12.0. The van der Waals surface area contributed by atoms with Gasteiger partial charge in [0.25, 0.3) is 0 Å². The van der Waals surface area contributed by atoms with Crippen LogP contribution >= 0.6 is 11.8 Å². The molecular weight excluding hydrogens is 260 g/mol. The molecule has 0 spiro atoms. The van der Waals surface area contributed by atoms with Crippen molar-refractivity contribution < 1.29 is 14.3 Å². The summed E-state index contributed by atoms with van der Waals surface area (Å²) in [6, 6.07) is 9.76. The summed E-state index contributed by atoms with van der Waals surface area (Å²) >= 11 is 1.49. The van der Waals surface area contributed by atoms with Crippen LogP contribution in [0.2, 0.25) is 0 Å². The molecule has 1 aliphatic carbocycles. The first kappa shape index (κ1) is 14.0. The highest BCUT2D eigenvalue weighted by Gasteiger charge is 2.33. The van der Waals surface area contributed by atoms with E-state index >= 15 is 0 Å². The number of rotatable bonds is 4. The second kappa shape index (κ2) is 6.17. The van der Waals surface area contributed by atoms with Crippen LogP contribution in [0.5, 0.6) is 0 Å². The molecule has 1 aromatic carbocycles. The number of allylic oxidation sites excluding steroid dienone is 1.